The first-order valence-corrected chi connectivity index (χ1v) is 7.69. The van der Waals surface area contributed by atoms with Crippen molar-refractivity contribution in [1.82, 2.24) is 9.88 Å². The Hall–Kier alpha value is -2.11. The highest BCUT2D eigenvalue weighted by atomic mass is 16.6. The van der Waals surface area contributed by atoms with Gasteiger partial charge in [-0.3, -0.25) is 9.78 Å². The van der Waals surface area contributed by atoms with Gasteiger partial charge in [-0.05, 0) is 30.9 Å². The molecular weight excluding hydrogens is 282 g/mol. The SMILES string of the molecule is CC(C)COC(=O)N1CCC(C(=O)Nc2cccnc2)CC1. The molecule has 0 bridgehead atoms. The van der Waals surface area contributed by atoms with Gasteiger partial charge in [0.2, 0.25) is 5.91 Å². The van der Waals surface area contributed by atoms with Crippen LogP contribution >= 0.6 is 0 Å². The minimum absolute atomic E-state index is 0.0109. The van der Waals surface area contributed by atoms with Gasteiger partial charge < -0.3 is 15.0 Å². The number of anilines is 1. The number of nitrogens with one attached hydrogen (secondary N) is 1. The van der Waals surface area contributed by atoms with E-state index in [0.717, 1.165) is 0 Å². The van der Waals surface area contributed by atoms with Crippen LogP contribution in [-0.2, 0) is 9.53 Å². The summed E-state index contributed by atoms with van der Waals surface area (Å²) in [5.41, 5.74) is 0.700. The zero-order valence-electron chi connectivity index (χ0n) is 13.1. The maximum Gasteiger partial charge on any atom is 0.409 e. The largest absolute Gasteiger partial charge is 0.449 e. The van der Waals surface area contributed by atoms with Gasteiger partial charge in [0.05, 0.1) is 18.5 Å². The van der Waals surface area contributed by atoms with E-state index in [2.05, 4.69) is 10.3 Å². The van der Waals surface area contributed by atoms with Crippen molar-refractivity contribution >= 4 is 17.7 Å². The van der Waals surface area contributed by atoms with E-state index in [0.29, 0.717) is 44.1 Å². The van der Waals surface area contributed by atoms with E-state index in [4.69, 9.17) is 4.74 Å². The van der Waals surface area contributed by atoms with Crippen LogP contribution in [0.15, 0.2) is 24.5 Å². The van der Waals surface area contributed by atoms with Crippen molar-refractivity contribution in [1.29, 1.82) is 0 Å². The third-order valence-corrected chi connectivity index (χ3v) is 3.59. The summed E-state index contributed by atoms with van der Waals surface area (Å²) in [6.45, 7) is 5.55. The zero-order valence-corrected chi connectivity index (χ0v) is 13.1. The van der Waals surface area contributed by atoms with Crippen LogP contribution in [0.2, 0.25) is 0 Å². The van der Waals surface area contributed by atoms with Gasteiger partial charge in [-0.1, -0.05) is 13.8 Å². The third-order valence-electron chi connectivity index (χ3n) is 3.59. The number of hydrogen-bond donors (Lipinski definition) is 1. The molecule has 1 saturated heterocycles. The average molecular weight is 305 g/mol. The summed E-state index contributed by atoms with van der Waals surface area (Å²) in [6.07, 6.45) is 4.32. The predicted molar refractivity (Wildman–Crippen MR) is 83.3 cm³/mol. The molecule has 1 N–H and O–H groups in total. The fraction of sp³-hybridized carbons (Fsp3) is 0.562. The summed E-state index contributed by atoms with van der Waals surface area (Å²) in [7, 11) is 0. The van der Waals surface area contributed by atoms with Gasteiger partial charge in [0, 0.05) is 25.2 Å². The Morgan fingerprint density at radius 2 is 2.14 bits per heavy atom. The number of rotatable bonds is 4. The lowest BCUT2D eigenvalue weighted by molar-refractivity contribution is -0.121. The van der Waals surface area contributed by atoms with E-state index >= 15 is 0 Å². The molecule has 2 rings (SSSR count). The van der Waals surface area contributed by atoms with Crippen LogP contribution in [0.1, 0.15) is 26.7 Å². The highest BCUT2D eigenvalue weighted by molar-refractivity contribution is 5.92. The van der Waals surface area contributed by atoms with Crippen LogP contribution in [0.3, 0.4) is 0 Å². The Balaban J connectivity index is 1.77. The van der Waals surface area contributed by atoms with Gasteiger partial charge in [-0.15, -0.1) is 0 Å². The highest BCUT2D eigenvalue weighted by Crippen LogP contribution is 2.20. The summed E-state index contributed by atoms with van der Waals surface area (Å²) < 4.78 is 5.21. The van der Waals surface area contributed by atoms with Gasteiger partial charge in [-0.25, -0.2) is 4.79 Å². The molecule has 0 atom stereocenters. The summed E-state index contributed by atoms with van der Waals surface area (Å²) in [6, 6.07) is 3.59. The molecular formula is C16H23N3O3. The summed E-state index contributed by atoms with van der Waals surface area (Å²) >= 11 is 0. The Labute approximate surface area is 130 Å². The molecule has 0 saturated carbocycles. The number of carbonyl (C=O) groups excluding carboxylic acids is 2. The molecule has 6 heteroatoms. The molecule has 120 valence electrons. The predicted octanol–water partition coefficient (Wildman–Crippen LogP) is 2.52. The summed E-state index contributed by atoms with van der Waals surface area (Å²) in [5.74, 6) is 0.240. The molecule has 2 amide bonds. The number of carbonyl (C=O) groups is 2. The van der Waals surface area contributed by atoms with E-state index in [1.165, 1.54) is 0 Å². The third kappa shape index (κ3) is 4.72. The quantitative estimate of drug-likeness (QED) is 0.928. The molecule has 0 aromatic carbocycles. The van der Waals surface area contributed by atoms with Crippen LogP contribution < -0.4 is 5.32 Å². The molecule has 1 aliphatic heterocycles. The van der Waals surface area contributed by atoms with Crippen molar-refractivity contribution in [3.8, 4) is 0 Å². The molecule has 0 aliphatic carbocycles. The maximum absolute atomic E-state index is 12.2. The summed E-state index contributed by atoms with van der Waals surface area (Å²) in [4.78, 5) is 29.7. The smallest absolute Gasteiger partial charge is 0.409 e. The lowest BCUT2D eigenvalue weighted by Gasteiger charge is -2.30. The molecule has 1 aromatic rings. The number of likely N-dealkylation sites (tertiary alicyclic amines) is 1. The Morgan fingerprint density at radius 1 is 1.41 bits per heavy atom. The maximum atomic E-state index is 12.2. The molecule has 2 heterocycles. The molecule has 0 radical (unpaired) electrons. The lowest BCUT2D eigenvalue weighted by atomic mass is 9.96. The molecule has 6 nitrogen and oxygen atoms in total. The van der Waals surface area contributed by atoms with Gasteiger partial charge in [0.25, 0.3) is 0 Å². The van der Waals surface area contributed by atoms with Crippen molar-refractivity contribution in [3.63, 3.8) is 0 Å². The second-order valence-electron chi connectivity index (χ2n) is 5.96. The molecule has 0 unspecified atom stereocenters. The van der Waals surface area contributed by atoms with Crippen molar-refractivity contribution in [2.24, 2.45) is 11.8 Å². The standard InChI is InChI=1S/C16H23N3O3/c1-12(2)11-22-16(21)19-8-5-13(6-9-19)15(20)18-14-4-3-7-17-10-14/h3-4,7,10,12-13H,5-6,8-9,11H2,1-2H3,(H,18,20). The van der Waals surface area contributed by atoms with Crippen molar-refractivity contribution < 1.29 is 14.3 Å². The van der Waals surface area contributed by atoms with Crippen LogP contribution in [0.5, 0.6) is 0 Å². The fourth-order valence-electron chi connectivity index (χ4n) is 2.33. The first-order valence-electron chi connectivity index (χ1n) is 7.69. The minimum atomic E-state index is -0.278. The second-order valence-corrected chi connectivity index (χ2v) is 5.96. The van der Waals surface area contributed by atoms with Crippen LogP contribution in [0, 0.1) is 11.8 Å². The Morgan fingerprint density at radius 3 is 2.73 bits per heavy atom. The number of pyridine rings is 1. The van der Waals surface area contributed by atoms with Gasteiger partial charge in [0.1, 0.15) is 0 Å². The van der Waals surface area contributed by atoms with E-state index in [-0.39, 0.29) is 17.9 Å². The van der Waals surface area contributed by atoms with Crippen molar-refractivity contribution in [2.75, 3.05) is 25.0 Å². The zero-order chi connectivity index (χ0) is 15.9. The van der Waals surface area contributed by atoms with Crippen molar-refractivity contribution in [2.45, 2.75) is 26.7 Å². The highest BCUT2D eigenvalue weighted by Gasteiger charge is 2.28. The number of amides is 2. The fourth-order valence-corrected chi connectivity index (χ4v) is 2.33. The van der Waals surface area contributed by atoms with Crippen LogP contribution in [0.25, 0.3) is 0 Å². The normalized spacial score (nSPS) is 15.7. The number of ether oxygens (including phenoxy) is 1. The first kappa shape index (κ1) is 16.3. The number of piperidine rings is 1. The second kappa shape index (κ2) is 7.77. The average Bonchev–Trinajstić information content (AvgIpc) is 2.53. The van der Waals surface area contributed by atoms with E-state index in [1.54, 1.807) is 23.4 Å². The van der Waals surface area contributed by atoms with Gasteiger partial charge >= 0.3 is 6.09 Å². The number of aromatic nitrogens is 1. The Kier molecular flexibility index (Phi) is 5.75. The number of hydrogen-bond acceptors (Lipinski definition) is 4. The monoisotopic (exact) mass is 305 g/mol. The van der Waals surface area contributed by atoms with E-state index < -0.39 is 0 Å². The first-order chi connectivity index (χ1) is 10.6. The topological polar surface area (TPSA) is 71.5 Å². The van der Waals surface area contributed by atoms with Crippen LogP contribution in [-0.4, -0.2) is 41.6 Å². The minimum Gasteiger partial charge on any atom is -0.449 e. The number of nitrogens with zero attached hydrogens (tertiary/aromatic N) is 2. The van der Waals surface area contributed by atoms with Gasteiger partial charge in [-0.2, -0.15) is 0 Å². The molecule has 1 aliphatic rings. The molecule has 22 heavy (non-hydrogen) atoms. The van der Waals surface area contributed by atoms with E-state index in [1.807, 2.05) is 19.9 Å². The lowest BCUT2D eigenvalue weighted by Crippen LogP contribution is -2.42. The Bertz CT molecular complexity index is 497. The molecule has 1 aromatic heterocycles. The molecule has 1 fully saturated rings. The van der Waals surface area contributed by atoms with E-state index in [9.17, 15) is 9.59 Å². The van der Waals surface area contributed by atoms with Gasteiger partial charge in [0.15, 0.2) is 0 Å². The summed E-state index contributed by atoms with van der Waals surface area (Å²) in [5, 5.41) is 2.86. The van der Waals surface area contributed by atoms with Crippen molar-refractivity contribution in [3.05, 3.63) is 24.5 Å². The molecule has 0 spiro atoms. The van der Waals surface area contributed by atoms with Crippen LogP contribution in [0.4, 0.5) is 10.5 Å².